The number of carbonyl (C=O) groups is 1. The Labute approximate surface area is 111 Å². The fourth-order valence-corrected chi connectivity index (χ4v) is 1.72. The number of hydrogen-bond donors (Lipinski definition) is 1. The number of aromatic carboxylic acids is 1. The highest BCUT2D eigenvalue weighted by Crippen LogP contribution is 2.28. The van der Waals surface area contributed by atoms with Gasteiger partial charge in [0, 0.05) is 6.07 Å². The quantitative estimate of drug-likeness (QED) is 0.605. The zero-order valence-electron chi connectivity index (χ0n) is 11.0. The fraction of sp³-hybridized carbons (Fsp3) is 0.462. The molecule has 104 valence electrons. The number of carboxylic acid groups (broad SMARTS) is 1. The van der Waals surface area contributed by atoms with Gasteiger partial charge in [0.1, 0.15) is 0 Å². The topological polar surface area (TPSA) is 89.7 Å². The molecule has 0 aliphatic heterocycles. The highest BCUT2D eigenvalue weighted by atomic mass is 16.6. The van der Waals surface area contributed by atoms with Crippen LogP contribution in [0.3, 0.4) is 0 Å². The Morgan fingerprint density at radius 1 is 1.53 bits per heavy atom. The molecule has 0 aliphatic carbocycles. The van der Waals surface area contributed by atoms with Gasteiger partial charge in [-0.1, -0.05) is 20.3 Å². The Kier molecular flexibility index (Phi) is 5.29. The van der Waals surface area contributed by atoms with Crippen molar-refractivity contribution in [2.45, 2.75) is 26.7 Å². The van der Waals surface area contributed by atoms with Gasteiger partial charge in [-0.2, -0.15) is 0 Å². The van der Waals surface area contributed by atoms with Crippen molar-refractivity contribution in [1.29, 1.82) is 0 Å². The van der Waals surface area contributed by atoms with Gasteiger partial charge in [0.05, 0.1) is 17.1 Å². The SMILES string of the molecule is CCCC(C)COc1ccc(C(=O)O)cc1[N+](=O)[O-]. The number of ether oxygens (including phenoxy) is 1. The first-order valence-corrected chi connectivity index (χ1v) is 6.10. The van der Waals surface area contributed by atoms with Gasteiger partial charge >= 0.3 is 11.7 Å². The minimum absolute atomic E-state index is 0.109. The van der Waals surface area contributed by atoms with Gasteiger partial charge in [0.15, 0.2) is 5.75 Å². The minimum Gasteiger partial charge on any atom is -0.487 e. The molecule has 0 spiro atoms. The van der Waals surface area contributed by atoms with Crippen LogP contribution < -0.4 is 4.74 Å². The van der Waals surface area contributed by atoms with Crippen molar-refractivity contribution in [2.24, 2.45) is 5.92 Å². The number of carboxylic acids is 1. The van der Waals surface area contributed by atoms with Gasteiger partial charge in [-0.3, -0.25) is 10.1 Å². The van der Waals surface area contributed by atoms with Crippen molar-refractivity contribution in [3.05, 3.63) is 33.9 Å². The maximum Gasteiger partial charge on any atom is 0.335 e. The van der Waals surface area contributed by atoms with Crippen molar-refractivity contribution in [2.75, 3.05) is 6.61 Å². The molecule has 0 aliphatic rings. The molecule has 0 radical (unpaired) electrons. The van der Waals surface area contributed by atoms with E-state index in [0.29, 0.717) is 12.5 Å². The Hall–Kier alpha value is -2.11. The Balaban J connectivity index is 2.88. The van der Waals surface area contributed by atoms with E-state index in [-0.39, 0.29) is 17.0 Å². The van der Waals surface area contributed by atoms with Crippen LogP contribution in [0.2, 0.25) is 0 Å². The van der Waals surface area contributed by atoms with Crippen molar-refractivity contribution >= 4 is 11.7 Å². The summed E-state index contributed by atoms with van der Waals surface area (Å²) < 4.78 is 5.41. The van der Waals surface area contributed by atoms with E-state index in [1.165, 1.54) is 12.1 Å². The molecule has 1 rings (SSSR count). The highest BCUT2D eigenvalue weighted by Gasteiger charge is 2.19. The summed E-state index contributed by atoms with van der Waals surface area (Å²) >= 11 is 0. The standard InChI is InChI=1S/C13H17NO5/c1-3-4-9(2)8-19-12-6-5-10(13(15)16)7-11(12)14(17)18/h5-7,9H,3-4,8H2,1-2H3,(H,15,16). The first-order valence-electron chi connectivity index (χ1n) is 6.10. The van der Waals surface area contributed by atoms with Crippen molar-refractivity contribution in [3.63, 3.8) is 0 Å². The number of nitro benzene ring substituents is 1. The fourth-order valence-electron chi connectivity index (χ4n) is 1.72. The maximum absolute atomic E-state index is 10.9. The predicted molar refractivity (Wildman–Crippen MR) is 69.6 cm³/mol. The Morgan fingerprint density at radius 3 is 2.74 bits per heavy atom. The van der Waals surface area contributed by atoms with E-state index >= 15 is 0 Å². The summed E-state index contributed by atoms with van der Waals surface area (Å²) in [5.41, 5.74) is -0.441. The summed E-state index contributed by atoms with van der Waals surface area (Å²) in [6.45, 7) is 4.43. The third-order valence-electron chi connectivity index (χ3n) is 2.71. The number of hydrogen-bond acceptors (Lipinski definition) is 4. The van der Waals surface area contributed by atoms with Crippen LogP contribution >= 0.6 is 0 Å². The molecular formula is C13H17NO5. The van der Waals surface area contributed by atoms with Crippen LogP contribution in [-0.2, 0) is 0 Å². The lowest BCUT2D eigenvalue weighted by atomic mass is 10.1. The summed E-state index contributed by atoms with van der Waals surface area (Å²) in [4.78, 5) is 21.0. The Morgan fingerprint density at radius 2 is 2.21 bits per heavy atom. The second-order valence-corrected chi connectivity index (χ2v) is 4.45. The molecule has 1 aromatic carbocycles. The smallest absolute Gasteiger partial charge is 0.335 e. The van der Waals surface area contributed by atoms with E-state index in [0.717, 1.165) is 18.9 Å². The predicted octanol–water partition coefficient (Wildman–Crippen LogP) is 3.11. The summed E-state index contributed by atoms with van der Waals surface area (Å²) in [6, 6.07) is 3.65. The molecule has 6 nitrogen and oxygen atoms in total. The van der Waals surface area contributed by atoms with E-state index in [9.17, 15) is 14.9 Å². The van der Waals surface area contributed by atoms with Crippen LogP contribution in [0.15, 0.2) is 18.2 Å². The first-order chi connectivity index (χ1) is 8.95. The number of benzene rings is 1. The molecule has 1 aromatic rings. The van der Waals surface area contributed by atoms with Gasteiger partial charge < -0.3 is 9.84 Å². The third-order valence-corrected chi connectivity index (χ3v) is 2.71. The molecule has 0 saturated heterocycles. The van der Waals surface area contributed by atoms with Gasteiger partial charge in [0.25, 0.3) is 0 Å². The van der Waals surface area contributed by atoms with Crippen LogP contribution in [0.1, 0.15) is 37.0 Å². The molecular weight excluding hydrogens is 250 g/mol. The summed E-state index contributed by atoms with van der Waals surface area (Å²) in [5, 5.41) is 19.7. The lowest BCUT2D eigenvalue weighted by Crippen LogP contribution is -2.09. The molecule has 0 fully saturated rings. The average Bonchev–Trinajstić information content (AvgIpc) is 2.36. The molecule has 0 amide bonds. The van der Waals surface area contributed by atoms with Crippen LogP contribution in [0, 0.1) is 16.0 Å². The second-order valence-electron chi connectivity index (χ2n) is 4.45. The van der Waals surface area contributed by atoms with E-state index in [2.05, 4.69) is 6.92 Å². The van der Waals surface area contributed by atoms with Gasteiger partial charge in [-0.15, -0.1) is 0 Å². The minimum atomic E-state index is -1.20. The number of nitro groups is 1. The van der Waals surface area contributed by atoms with Gasteiger partial charge in [-0.25, -0.2) is 4.79 Å². The lowest BCUT2D eigenvalue weighted by molar-refractivity contribution is -0.385. The van der Waals surface area contributed by atoms with Gasteiger partial charge in [-0.05, 0) is 24.5 Å². The summed E-state index contributed by atoms with van der Waals surface area (Å²) in [7, 11) is 0. The molecule has 0 bridgehead atoms. The number of rotatable bonds is 7. The molecule has 1 atom stereocenters. The first kappa shape index (κ1) is 14.9. The zero-order valence-corrected chi connectivity index (χ0v) is 11.0. The molecule has 0 heterocycles. The summed E-state index contributed by atoms with van der Waals surface area (Å²) in [6.07, 6.45) is 1.99. The molecule has 19 heavy (non-hydrogen) atoms. The molecule has 6 heteroatoms. The largest absolute Gasteiger partial charge is 0.487 e. The van der Waals surface area contributed by atoms with E-state index < -0.39 is 10.9 Å². The maximum atomic E-state index is 10.9. The van der Waals surface area contributed by atoms with Crippen LogP contribution in [0.25, 0.3) is 0 Å². The van der Waals surface area contributed by atoms with Crippen molar-refractivity contribution in [3.8, 4) is 5.75 Å². The average molecular weight is 267 g/mol. The number of nitrogens with zero attached hydrogens (tertiary/aromatic N) is 1. The van der Waals surface area contributed by atoms with Crippen LogP contribution in [-0.4, -0.2) is 22.6 Å². The zero-order chi connectivity index (χ0) is 14.4. The molecule has 0 aromatic heterocycles. The highest BCUT2D eigenvalue weighted by molar-refractivity contribution is 5.88. The van der Waals surface area contributed by atoms with E-state index in [1.807, 2.05) is 6.92 Å². The van der Waals surface area contributed by atoms with E-state index in [1.54, 1.807) is 0 Å². The van der Waals surface area contributed by atoms with Crippen molar-refractivity contribution in [1.82, 2.24) is 0 Å². The van der Waals surface area contributed by atoms with Crippen molar-refractivity contribution < 1.29 is 19.6 Å². The molecule has 1 N–H and O–H groups in total. The normalized spacial score (nSPS) is 11.9. The Bertz CT molecular complexity index is 472. The van der Waals surface area contributed by atoms with E-state index in [4.69, 9.17) is 9.84 Å². The van der Waals surface area contributed by atoms with Gasteiger partial charge in [0.2, 0.25) is 0 Å². The summed E-state index contributed by atoms with van der Waals surface area (Å²) in [5.74, 6) is -0.796. The van der Waals surface area contributed by atoms with Crippen LogP contribution in [0.5, 0.6) is 5.75 Å². The lowest BCUT2D eigenvalue weighted by Gasteiger charge is -2.12. The monoisotopic (exact) mass is 267 g/mol. The van der Waals surface area contributed by atoms with Crippen LogP contribution in [0.4, 0.5) is 5.69 Å². The molecule has 0 saturated carbocycles. The molecule has 1 unspecified atom stereocenters. The second kappa shape index (κ2) is 6.72. The third kappa shape index (κ3) is 4.24.